The average molecular weight is 1010 g/mol. The van der Waals surface area contributed by atoms with E-state index in [2.05, 4.69) is 76.6 Å². The number of imidazole rings is 2. The van der Waals surface area contributed by atoms with Crippen molar-refractivity contribution in [2.45, 2.75) is 91.5 Å². The van der Waals surface area contributed by atoms with Crippen LogP contribution in [0.2, 0.25) is 0 Å². The molecule has 0 saturated carbocycles. The van der Waals surface area contributed by atoms with E-state index < -0.39 is 6.04 Å². The van der Waals surface area contributed by atoms with Gasteiger partial charge in [0, 0.05) is 70.4 Å². The number of carbonyl (C=O) groups excluding carboxylic acids is 3. The van der Waals surface area contributed by atoms with Crippen molar-refractivity contribution < 1.29 is 14.4 Å². The van der Waals surface area contributed by atoms with Crippen molar-refractivity contribution in [3.05, 3.63) is 142 Å². The zero-order chi connectivity index (χ0) is 51.6. The van der Waals surface area contributed by atoms with Crippen LogP contribution < -0.4 is 20.9 Å². The van der Waals surface area contributed by atoms with Gasteiger partial charge in [-0.2, -0.15) is 0 Å². The molecule has 74 heavy (non-hydrogen) atoms. The molecule has 8 aromatic rings. The van der Waals surface area contributed by atoms with Crippen molar-refractivity contribution in [1.82, 2.24) is 34.7 Å². The van der Waals surface area contributed by atoms with Crippen molar-refractivity contribution in [3.63, 3.8) is 0 Å². The maximum atomic E-state index is 13.7. The van der Waals surface area contributed by atoms with Gasteiger partial charge in [0.15, 0.2) is 0 Å². The summed E-state index contributed by atoms with van der Waals surface area (Å²) in [6.07, 6.45) is 10.00. The Morgan fingerprint density at radius 1 is 0.892 bits per heavy atom. The minimum atomic E-state index is -0.783. The second kappa shape index (κ2) is 21.2. The summed E-state index contributed by atoms with van der Waals surface area (Å²) in [4.78, 5) is 62.1. The molecule has 0 bridgehead atoms. The topological polar surface area (TPSA) is 199 Å². The second-order valence-corrected chi connectivity index (χ2v) is 20.5. The lowest BCUT2D eigenvalue weighted by molar-refractivity contribution is -0.121. The molecule has 0 aliphatic carbocycles. The Bertz CT molecular complexity index is 3550. The summed E-state index contributed by atoms with van der Waals surface area (Å²) in [7, 11) is 1.94. The van der Waals surface area contributed by atoms with Crippen LogP contribution in [0.5, 0.6) is 0 Å². The first-order valence-electron chi connectivity index (χ1n) is 25.5. The molecule has 0 saturated heterocycles. The number of unbranched alkanes of at least 4 members (excludes halogenated alkanes) is 3. The first kappa shape index (κ1) is 49.5. The van der Waals surface area contributed by atoms with Crippen LogP contribution >= 0.6 is 11.3 Å². The maximum Gasteiger partial charge on any atom is 0.251 e. The highest BCUT2D eigenvalue weighted by Gasteiger charge is 2.35. The SMILES string of the molecule is CCCCc1ccc(C2=N[C@@H](CC(=O)NCCCCCNC(=O)c3ccc4c(c3)nc(-c3cc(-c5cncn5C)nc5ccccc35)n4-c3ccc4c(c3)CCC(=O)N4)C(=N)N(C(C)=N)c3sc(C)c(C)c32)cc1. The molecule has 16 heteroatoms. The standard InChI is InChI=1S/C58H60N12O3S/c1-6-7-13-37-16-18-38(19-17-37)54-53-34(2)35(3)74-58(53)69(36(4)59)55(60)48(66-54)31-52(72)62-26-11-8-12-27-63-57(73)40-20-24-49-46(29-40)67-56(70(49)41-22-23-44-39(28-41)21-25-51(71)65-44)43-30-47(50-32-61-33-68(50)5)64-45-15-10-9-14-42(43)45/h9-10,14-20,22-24,28-30,32-33,48,59-60H,6-8,11-13,21,25-27,31H2,1-5H3,(H,62,72)(H,63,73)(H,65,71)/t48-/m0/s1. The van der Waals surface area contributed by atoms with Gasteiger partial charge in [-0.15, -0.1) is 11.3 Å². The van der Waals surface area contributed by atoms with E-state index in [9.17, 15) is 19.8 Å². The summed E-state index contributed by atoms with van der Waals surface area (Å²) in [5.41, 5.74) is 12.9. The summed E-state index contributed by atoms with van der Waals surface area (Å²) in [5, 5.41) is 28.9. The number of carbonyl (C=O) groups is 3. The zero-order valence-corrected chi connectivity index (χ0v) is 43.3. The molecule has 0 radical (unpaired) electrons. The number of amides is 3. The fraction of sp³-hybridized carbons (Fsp3) is 0.293. The Morgan fingerprint density at radius 3 is 2.46 bits per heavy atom. The lowest BCUT2D eigenvalue weighted by Gasteiger charge is -2.24. The third-order valence-corrected chi connectivity index (χ3v) is 15.3. The molecule has 2 aliphatic rings. The van der Waals surface area contributed by atoms with Gasteiger partial charge in [-0.25, -0.2) is 15.0 Å². The van der Waals surface area contributed by atoms with E-state index in [4.69, 9.17) is 20.4 Å². The van der Waals surface area contributed by atoms with E-state index in [-0.39, 0.29) is 35.8 Å². The summed E-state index contributed by atoms with van der Waals surface area (Å²) in [5.74, 6) is 0.588. The minimum Gasteiger partial charge on any atom is -0.356 e. The van der Waals surface area contributed by atoms with Gasteiger partial charge in [-0.1, -0.05) is 55.8 Å². The van der Waals surface area contributed by atoms with Crippen LogP contribution in [-0.4, -0.2) is 78.3 Å². The number of aryl methyl sites for hydroxylation is 4. The number of para-hydroxylation sites is 1. The van der Waals surface area contributed by atoms with Crippen LogP contribution in [0.25, 0.3) is 50.4 Å². The van der Waals surface area contributed by atoms with Crippen molar-refractivity contribution in [1.29, 1.82) is 10.8 Å². The number of thiophene rings is 1. The summed E-state index contributed by atoms with van der Waals surface area (Å²) in [6.45, 7) is 8.87. The van der Waals surface area contributed by atoms with E-state index in [1.807, 2.05) is 72.3 Å². The monoisotopic (exact) mass is 1000 g/mol. The molecular weight excluding hydrogens is 945 g/mol. The molecule has 10 rings (SSSR count). The van der Waals surface area contributed by atoms with E-state index in [1.165, 1.54) is 5.56 Å². The van der Waals surface area contributed by atoms with E-state index in [1.54, 1.807) is 35.7 Å². The van der Waals surface area contributed by atoms with Gasteiger partial charge in [-0.05, 0) is 125 Å². The number of amidine groups is 2. The predicted octanol–water partition coefficient (Wildman–Crippen LogP) is 10.7. The highest BCUT2D eigenvalue weighted by molar-refractivity contribution is 7.17. The molecule has 376 valence electrons. The van der Waals surface area contributed by atoms with Gasteiger partial charge < -0.3 is 20.5 Å². The third-order valence-electron chi connectivity index (χ3n) is 14.1. The van der Waals surface area contributed by atoms with Gasteiger partial charge in [0.05, 0.1) is 52.6 Å². The Labute approximate surface area is 434 Å². The zero-order valence-electron chi connectivity index (χ0n) is 42.4. The number of hydrogen-bond acceptors (Lipinski definition) is 10. The van der Waals surface area contributed by atoms with Crippen molar-refractivity contribution in [2.24, 2.45) is 12.0 Å². The van der Waals surface area contributed by atoms with Crippen molar-refractivity contribution in [3.8, 4) is 28.5 Å². The van der Waals surface area contributed by atoms with Crippen LogP contribution in [0.15, 0.2) is 109 Å². The quantitative estimate of drug-likeness (QED) is 0.0360. The van der Waals surface area contributed by atoms with Crippen LogP contribution in [0, 0.1) is 24.7 Å². The highest BCUT2D eigenvalue weighted by Crippen LogP contribution is 2.41. The van der Waals surface area contributed by atoms with E-state index in [0.29, 0.717) is 55.7 Å². The molecule has 1 atom stereocenters. The lowest BCUT2D eigenvalue weighted by Crippen LogP contribution is -2.42. The number of rotatable bonds is 16. The number of hydrogen-bond donors (Lipinski definition) is 5. The van der Waals surface area contributed by atoms with Crippen LogP contribution in [-0.2, 0) is 29.5 Å². The van der Waals surface area contributed by atoms with Gasteiger partial charge >= 0.3 is 0 Å². The van der Waals surface area contributed by atoms with Crippen molar-refractivity contribution >= 4 is 79.1 Å². The molecule has 3 amide bonds. The number of nitrogens with one attached hydrogen (secondary N) is 5. The summed E-state index contributed by atoms with van der Waals surface area (Å²) >= 11 is 1.55. The van der Waals surface area contributed by atoms with Crippen LogP contribution in [0.3, 0.4) is 0 Å². The molecule has 4 aromatic carbocycles. The van der Waals surface area contributed by atoms with E-state index >= 15 is 0 Å². The highest BCUT2D eigenvalue weighted by atomic mass is 32.1. The number of nitrogens with zero attached hydrogens (tertiary/aromatic N) is 7. The van der Waals surface area contributed by atoms with Crippen molar-refractivity contribution in [2.75, 3.05) is 23.3 Å². The summed E-state index contributed by atoms with van der Waals surface area (Å²) < 4.78 is 4.06. The average Bonchev–Trinajstić information content (AvgIpc) is 4.07. The molecule has 0 fully saturated rings. The Hall–Kier alpha value is -8.11. The van der Waals surface area contributed by atoms with Gasteiger partial charge in [0.2, 0.25) is 11.8 Å². The Balaban J connectivity index is 0.812. The first-order chi connectivity index (χ1) is 35.9. The van der Waals surface area contributed by atoms with Crippen LogP contribution in [0.1, 0.15) is 102 Å². The number of benzene rings is 4. The molecule has 2 aliphatic heterocycles. The summed E-state index contributed by atoms with van der Waals surface area (Å²) in [6, 6.07) is 29.4. The lowest BCUT2D eigenvalue weighted by atomic mass is 9.97. The van der Waals surface area contributed by atoms with Gasteiger partial charge in [0.1, 0.15) is 28.5 Å². The number of aliphatic imine (C=N–C) groups is 1. The Kier molecular flexibility index (Phi) is 14.1. The second-order valence-electron chi connectivity index (χ2n) is 19.3. The molecule has 5 N–H and O–H groups in total. The maximum absolute atomic E-state index is 13.7. The fourth-order valence-electron chi connectivity index (χ4n) is 9.96. The molecule has 4 aromatic heterocycles. The molecular formula is C58H60N12O3S. The smallest absolute Gasteiger partial charge is 0.251 e. The number of fused-ring (bicyclic) bond motifs is 4. The minimum absolute atomic E-state index is 0.00394. The molecule has 6 heterocycles. The largest absolute Gasteiger partial charge is 0.356 e. The third kappa shape index (κ3) is 9.88. The normalized spacial score (nSPS) is 14.4. The molecule has 15 nitrogen and oxygen atoms in total. The van der Waals surface area contributed by atoms with Gasteiger partial charge in [-0.3, -0.25) is 39.7 Å². The number of aromatic nitrogens is 5. The molecule has 0 unspecified atom stereocenters. The first-order valence-corrected chi connectivity index (χ1v) is 26.3. The number of pyridine rings is 1. The number of anilines is 2. The van der Waals surface area contributed by atoms with Crippen LogP contribution in [0.4, 0.5) is 10.7 Å². The van der Waals surface area contributed by atoms with E-state index in [0.717, 1.165) is 108 Å². The fourth-order valence-corrected chi connectivity index (χ4v) is 11.2. The predicted molar refractivity (Wildman–Crippen MR) is 297 cm³/mol. The van der Waals surface area contributed by atoms with Gasteiger partial charge in [0.25, 0.3) is 5.91 Å². The molecule has 0 spiro atoms. The Morgan fingerprint density at radius 2 is 1.69 bits per heavy atom.